The molecule has 0 unspecified atom stereocenters. The minimum absolute atomic E-state index is 0.138. The summed E-state index contributed by atoms with van der Waals surface area (Å²) >= 11 is 0. The third-order valence-electron chi connectivity index (χ3n) is 3.33. The Morgan fingerprint density at radius 3 is 2.58 bits per heavy atom. The van der Waals surface area contributed by atoms with Gasteiger partial charge in [0, 0.05) is 17.4 Å². The van der Waals surface area contributed by atoms with Gasteiger partial charge in [-0.05, 0) is 5.39 Å². The topological polar surface area (TPSA) is 29.5 Å². The minimum atomic E-state index is -4.48. The van der Waals surface area contributed by atoms with Gasteiger partial charge in [0.05, 0.1) is 6.10 Å². The number of alkyl halides is 3. The fraction of sp³-hybridized carbons (Fsp3) is 0.286. The van der Waals surface area contributed by atoms with Gasteiger partial charge >= 0.3 is 6.18 Å². The molecule has 2 aromatic carbocycles. The van der Waals surface area contributed by atoms with E-state index < -0.39 is 24.8 Å². The SMILES string of the molecule is O[C@@H]1C[C@H](C(F)(F)F)Oc2c1ccc1ccccc21. The summed E-state index contributed by atoms with van der Waals surface area (Å²) in [6.45, 7) is 0. The highest BCUT2D eigenvalue weighted by molar-refractivity contribution is 5.89. The normalized spacial score (nSPS) is 22.9. The van der Waals surface area contributed by atoms with Gasteiger partial charge in [-0.25, -0.2) is 0 Å². The Kier molecular flexibility index (Phi) is 2.67. The van der Waals surface area contributed by atoms with Gasteiger partial charge in [0.25, 0.3) is 0 Å². The molecule has 2 atom stereocenters. The molecule has 1 N–H and O–H groups in total. The molecule has 0 fully saturated rings. The minimum Gasteiger partial charge on any atom is -0.480 e. The lowest BCUT2D eigenvalue weighted by Crippen LogP contribution is -2.38. The third kappa shape index (κ3) is 2.04. The summed E-state index contributed by atoms with van der Waals surface area (Å²) < 4.78 is 43.4. The maximum Gasteiger partial charge on any atom is 0.425 e. The molecule has 19 heavy (non-hydrogen) atoms. The number of rotatable bonds is 0. The first-order valence-corrected chi connectivity index (χ1v) is 5.90. The number of hydrogen-bond donors (Lipinski definition) is 1. The second kappa shape index (κ2) is 4.13. The molecule has 0 aliphatic carbocycles. The van der Waals surface area contributed by atoms with E-state index in [9.17, 15) is 18.3 Å². The van der Waals surface area contributed by atoms with E-state index in [0.717, 1.165) is 5.39 Å². The summed E-state index contributed by atoms with van der Waals surface area (Å²) in [5.74, 6) is 0.138. The highest BCUT2D eigenvalue weighted by Crippen LogP contribution is 2.43. The summed E-state index contributed by atoms with van der Waals surface area (Å²) in [4.78, 5) is 0. The monoisotopic (exact) mass is 268 g/mol. The lowest BCUT2D eigenvalue weighted by Gasteiger charge is -2.31. The van der Waals surface area contributed by atoms with Gasteiger partial charge < -0.3 is 9.84 Å². The molecular formula is C14H11F3O2. The Hall–Kier alpha value is -1.75. The summed E-state index contributed by atoms with van der Waals surface area (Å²) in [7, 11) is 0. The van der Waals surface area contributed by atoms with E-state index >= 15 is 0 Å². The lowest BCUT2D eigenvalue weighted by atomic mass is 9.95. The molecule has 0 saturated carbocycles. The van der Waals surface area contributed by atoms with E-state index in [1.807, 2.05) is 0 Å². The number of ether oxygens (including phenoxy) is 1. The fourth-order valence-corrected chi connectivity index (χ4v) is 2.37. The van der Waals surface area contributed by atoms with Crippen LogP contribution >= 0.6 is 0 Å². The predicted molar refractivity (Wildman–Crippen MR) is 64.0 cm³/mol. The number of hydrogen-bond acceptors (Lipinski definition) is 2. The summed E-state index contributed by atoms with van der Waals surface area (Å²) in [5.41, 5.74) is 0.416. The molecule has 1 aliphatic heterocycles. The lowest BCUT2D eigenvalue weighted by molar-refractivity contribution is -0.206. The average molecular weight is 268 g/mol. The highest BCUT2D eigenvalue weighted by atomic mass is 19.4. The number of halogens is 3. The van der Waals surface area contributed by atoms with Gasteiger partial charge in [-0.1, -0.05) is 36.4 Å². The third-order valence-corrected chi connectivity index (χ3v) is 3.33. The maximum absolute atomic E-state index is 12.8. The molecular weight excluding hydrogens is 257 g/mol. The van der Waals surface area contributed by atoms with Crippen molar-refractivity contribution in [2.45, 2.75) is 24.8 Å². The Morgan fingerprint density at radius 2 is 1.84 bits per heavy atom. The Labute approximate surface area is 107 Å². The molecule has 1 heterocycles. The smallest absolute Gasteiger partial charge is 0.425 e. The van der Waals surface area contributed by atoms with E-state index in [0.29, 0.717) is 10.9 Å². The molecule has 2 aromatic rings. The Balaban J connectivity index is 2.16. The zero-order valence-electron chi connectivity index (χ0n) is 9.82. The average Bonchev–Trinajstić information content (AvgIpc) is 2.37. The molecule has 5 heteroatoms. The zero-order chi connectivity index (χ0) is 13.6. The van der Waals surface area contributed by atoms with E-state index in [1.54, 1.807) is 36.4 Å². The molecule has 3 rings (SSSR count). The molecule has 0 saturated heterocycles. The summed E-state index contributed by atoms with van der Waals surface area (Å²) in [5, 5.41) is 11.3. The molecule has 0 aromatic heterocycles. The second-order valence-electron chi connectivity index (χ2n) is 4.60. The van der Waals surface area contributed by atoms with Crippen LogP contribution in [-0.2, 0) is 0 Å². The quantitative estimate of drug-likeness (QED) is 0.791. The molecule has 0 bridgehead atoms. The first kappa shape index (κ1) is 12.3. The first-order valence-electron chi connectivity index (χ1n) is 5.90. The van der Waals surface area contributed by atoms with Crippen LogP contribution in [0.15, 0.2) is 36.4 Å². The van der Waals surface area contributed by atoms with Crippen LogP contribution in [-0.4, -0.2) is 17.4 Å². The van der Waals surface area contributed by atoms with Crippen molar-refractivity contribution in [1.29, 1.82) is 0 Å². The van der Waals surface area contributed by atoms with E-state index in [4.69, 9.17) is 4.74 Å². The Bertz CT molecular complexity index is 622. The largest absolute Gasteiger partial charge is 0.480 e. The number of aliphatic hydroxyl groups excluding tert-OH is 1. The van der Waals surface area contributed by atoms with Crippen molar-refractivity contribution in [1.82, 2.24) is 0 Å². The maximum atomic E-state index is 12.8. The van der Waals surface area contributed by atoms with Crippen molar-refractivity contribution in [3.8, 4) is 5.75 Å². The highest BCUT2D eigenvalue weighted by Gasteiger charge is 2.46. The van der Waals surface area contributed by atoms with E-state index in [-0.39, 0.29) is 5.75 Å². The molecule has 0 radical (unpaired) electrons. The van der Waals surface area contributed by atoms with Gasteiger partial charge in [0.15, 0.2) is 6.10 Å². The summed E-state index contributed by atoms with van der Waals surface area (Å²) in [6.07, 6.45) is -8.05. The molecule has 0 spiro atoms. The molecule has 2 nitrogen and oxygen atoms in total. The van der Waals surface area contributed by atoms with Crippen molar-refractivity contribution >= 4 is 10.8 Å². The van der Waals surface area contributed by atoms with Crippen LogP contribution < -0.4 is 4.74 Å². The zero-order valence-corrected chi connectivity index (χ0v) is 9.82. The standard InChI is InChI=1S/C14H11F3O2/c15-14(16,17)12-7-11(18)10-6-5-8-3-1-2-4-9(8)13(10)19-12/h1-6,11-12,18H,7H2/t11-,12-/m1/s1. The van der Waals surface area contributed by atoms with Crippen molar-refractivity contribution in [3.05, 3.63) is 42.0 Å². The van der Waals surface area contributed by atoms with Crippen molar-refractivity contribution in [3.63, 3.8) is 0 Å². The fourth-order valence-electron chi connectivity index (χ4n) is 2.37. The number of fused-ring (bicyclic) bond motifs is 3. The van der Waals surface area contributed by atoms with Gasteiger partial charge in [-0.2, -0.15) is 13.2 Å². The Morgan fingerprint density at radius 1 is 1.11 bits per heavy atom. The van der Waals surface area contributed by atoms with E-state index in [2.05, 4.69) is 0 Å². The van der Waals surface area contributed by atoms with Crippen LogP contribution in [0.25, 0.3) is 10.8 Å². The van der Waals surface area contributed by atoms with Crippen molar-refractivity contribution < 1.29 is 23.0 Å². The molecule has 1 aliphatic rings. The molecule has 0 amide bonds. The van der Waals surface area contributed by atoms with Gasteiger partial charge in [0.1, 0.15) is 5.75 Å². The van der Waals surface area contributed by atoms with Crippen LogP contribution in [0.4, 0.5) is 13.2 Å². The number of aliphatic hydroxyl groups is 1. The van der Waals surface area contributed by atoms with Crippen LogP contribution in [0, 0.1) is 0 Å². The second-order valence-corrected chi connectivity index (χ2v) is 4.60. The van der Waals surface area contributed by atoms with Crippen LogP contribution in [0.5, 0.6) is 5.75 Å². The summed E-state index contributed by atoms with van der Waals surface area (Å²) in [6, 6.07) is 10.4. The molecule has 100 valence electrons. The van der Waals surface area contributed by atoms with Crippen LogP contribution in [0.1, 0.15) is 18.1 Å². The van der Waals surface area contributed by atoms with Gasteiger partial charge in [-0.15, -0.1) is 0 Å². The number of benzene rings is 2. The first-order chi connectivity index (χ1) is 8.97. The van der Waals surface area contributed by atoms with Gasteiger partial charge in [0.2, 0.25) is 0 Å². The van der Waals surface area contributed by atoms with Gasteiger partial charge in [-0.3, -0.25) is 0 Å². The predicted octanol–water partition coefficient (Wildman–Crippen LogP) is 3.59. The van der Waals surface area contributed by atoms with E-state index in [1.165, 1.54) is 0 Å². The van der Waals surface area contributed by atoms with Crippen molar-refractivity contribution in [2.75, 3.05) is 0 Å². The van der Waals surface area contributed by atoms with Crippen LogP contribution in [0.2, 0.25) is 0 Å². The van der Waals surface area contributed by atoms with Crippen LogP contribution in [0.3, 0.4) is 0 Å². The van der Waals surface area contributed by atoms with Crippen molar-refractivity contribution in [2.24, 2.45) is 0 Å².